The van der Waals surface area contributed by atoms with Crippen LogP contribution in [0.4, 0.5) is 4.39 Å². The minimum atomic E-state index is -0.677. The lowest BCUT2D eigenvalue weighted by Gasteiger charge is -2.06. The molecule has 0 amide bonds. The second kappa shape index (κ2) is 15.8. The van der Waals surface area contributed by atoms with Gasteiger partial charge in [0.1, 0.15) is 6.17 Å². The molecule has 3 heteroatoms. The number of alkyl halides is 1. The van der Waals surface area contributed by atoms with Crippen LogP contribution >= 0.6 is 0 Å². The van der Waals surface area contributed by atoms with E-state index in [0.717, 1.165) is 38.5 Å². The highest BCUT2D eigenvalue weighted by Gasteiger charge is 2.03. The van der Waals surface area contributed by atoms with Crippen LogP contribution in [0.1, 0.15) is 103 Å². The Morgan fingerprint density at radius 2 is 1.24 bits per heavy atom. The number of carbonyl (C=O) groups is 1. The van der Waals surface area contributed by atoms with Gasteiger partial charge in [0.15, 0.2) is 0 Å². The maximum Gasteiger partial charge on any atom is 0.303 e. The summed E-state index contributed by atoms with van der Waals surface area (Å²) in [4.78, 5) is 10.3. The molecule has 1 N–H and O–H groups in total. The van der Waals surface area contributed by atoms with Gasteiger partial charge in [0, 0.05) is 6.42 Å². The molecule has 0 aliphatic carbocycles. The van der Waals surface area contributed by atoms with Crippen LogP contribution in [0, 0.1) is 0 Å². The molecule has 0 saturated carbocycles. The Morgan fingerprint density at radius 1 is 0.810 bits per heavy atom. The summed E-state index contributed by atoms with van der Waals surface area (Å²) < 4.78 is 13.2. The van der Waals surface area contributed by atoms with Gasteiger partial charge in [-0.2, -0.15) is 0 Å². The maximum absolute atomic E-state index is 13.2. The molecule has 126 valence electrons. The van der Waals surface area contributed by atoms with Crippen molar-refractivity contribution in [2.24, 2.45) is 0 Å². The third-order valence-electron chi connectivity index (χ3n) is 4.01. The lowest BCUT2D eigenvalue weighted by molar-refractivity contribution is -0.137. The molecule has 0 spiro atoms. The van der Waals surface area contributed by atoms with E-state index in [0.29, 0.717) is 6.42 Å². The summed E-state index contributed by atoms with van der Waals surface area (Å²) in [5, 5.41) is 8.51. The van der Waals surface area contributed by atoms with Crippen LogP contribution in [-0.4, -0.2) is 17.2 Å². The zero-order valence-corrected chi connectivity index (χ0v) is 13.9. The number of unbranched alkanes of at least 4 members (excludes halogenated alkanes) is 10. The first kappa shape index (κ1) is 20.4. The highest BCUT2D eigenvalue weighted by molar-refractivity contribution is 5.66. The third-order valence-corrected chi connectivity index (χ3v) is 4.01. The fourth-order valence-electron chi connectivity index (χ4n) is 2.69. The van der Waals surface area contributed by atoms with Gasteiger partial charge >= 0.3 is 5.97 Å². The van der Waals surface area contributed by atoms with E-state index in [-0.39, 0.29) is 0 Å². The van der Waals surface area contributed by atoms with Gasteiger partial charge < -0.3 is 5.11 Å². The van der Waals surface area contributed by atoms with Crippen molar-refractivity contribution in [2.45, 2.75) is 109 Å². The first-order valence-corrected chi connectivity index (χ1v) is 9.02. The Bertz CT molecular complexity index is 231. The molecule has 0 fully saturated rings. The van der Waals surface area contributed by atoms with Crippen LogP contribution in [0.15, 0.2) is 0 Å². The van der Waals surface area contributed by atoms with Crippen LogP contribution in [-0.2, 0) is 4.79 Å². The number of hydrogen-bond donors (Lipinski definition) is 1. The summed E-state index contributed by atoms with van der Waals surface area (Å²) in [7, 11) is 0. The minimum Gasteiger partial charge on any atom is -0.481 e. The second-order valence-corrected chi connectivity index (χ2v) is 6.21. The van der Waals surface area contributed by atoms with E-state index < -0.39 is 12.1 Å². The van der Waals surface area contributed by atoms with Crippen molar-refractivity contribution in [1.82, 2.24) is 0 Å². The van der Waals surface area contributed by atoms with Crippen molar-refractivity contribution in [3.63, 3.8) is 0 Å². The third kappa shape index (κ3) is 17.3. The van der Waals surface area contributed by atoms with Crippen molar-refractivity contribution in [2.75, 3.05) is 0 Å². The Balaban J connectivity index is 3.04. The first-order chi connectivity index (χ1) is 10.2. The van der Waals surface area contributed by atoms with E-state index in [9.17, 15) is 9.18 Å². The zero-order valence-electron chi connectivity index (χ0n) is 13.9. The number of carboxylic acid groups (broad SMARTS) is 1. The summed E-state index contributed by atoms with van der Waals surface area (Å²) in [5.41, 5.74) is 0. The zero-order chi connectivity index (χ0) is 15.8. The van der Waals surface area contributed by atoms with Gasteiger partial charge in [-0.05, 0) is 19.3 Å². The molecule has 0 heterocycles. The van der Waals surface area contributed by atoms with E-state index in [4.69, 9.17) is 5.11 Å². The van der Waals surface area contributed by atoms with Gasteiger partial charge in [-0.25, -0.2) is 4.39 Å². The van der Waals surface area contributed by atoms with Crippen molar-refractivity contribution in [3.05, 3.63) is 0 Å². The van der Waals surface area contributed by atoms with Crippen LogP contribution in [0.25, 0.3) is 0 Å². The molecule has 0 aliphatic heterocycles. The topological polar surface area (TPSA) is 37.3 Å². The highest BCUT2D eigenvalue weighted by atomic mass is 19.1. The molecule has 0 radical (unpaired) electrons. The van der Waals surface area contributed by atoms with Crippen molar-refractivity contribution < 1.29 is 14.3 Å². The summed E-state index contributed by atoms with van der Waals surface area (Å²) in [6, 6.07) is 0. The van der Waals surface area contributed by atoms with E-state index in [1.165, 1.54) is 51.4 Å². The van der Waals surface area contributed by atoms with E-state index >= 15 is 0 Å². The van der Waals surface area contributed by atoms with E-state index in [2.05, 4.69) is 0 Å². The van der Waals surface area contributed by atoms with Gasteiger partial charge in [-0.3, -0.25) is 4.79 Å². The molecule has 1 atom stereocenters. The molecule has 0 bridgehead atoms. The van der Waals surface area contributed by atoms with Crippen molar-refractivity contribution in [1.29, 1.82) is 0 Å². The second-order valence-electron chi connectivity index (χ2n) is 6.21. The number of rotatable bonds is 16. The van der Waals surface area contributed by atoms with Crippen molar-refractivity contribution in [3.8, 4) is 0 Å². The molecule has 0 aromatic rings. The predicted octanol–water partition coefficient (Wildman–Crippen LogP) is 6.28. The average Bonchev–Trinajstić information content (AvgIpc) is 2.44. The minimum absolute atomic E-state index is 0.317. The molecule has 0 aromatic carbocycles. The largest absolute Gasteiger partial charge is 0.481 e. The highest BCUT2D eigenvalue weighted by Crippen LogP contribution is 2.15. The standard InChI is InChI=1S/C18H35FO2/c1-2-14-17(19)15-12-10-8-6-4-3-5-7-9-11-13-16-18(20)21/h17H,2-16H2,1H3,(H,20,21). The number of carboxylic acids is 1. The molecule has 0 aromatic heterocycles. The summed E-state index contributed by atoms with van der Waals surface area (Å²) in [6.45, 7) is 2.04. The lowest BCUT2D eigenvalue weighted by atomic mass is 10.0. The molecule has 0 saturated heterocycles. The SMILES string of the molecule is CCCC(F)CCCCCCCCCCCCCC(=O)O. The predicted molar refractivity (Wildman–Crippen MR) is 87.5 cm³/mol. The van der Waals surface area contributed by atoms with Gasteiger partial charge in [-0.1, -0.05) is 77.6 Å². The molecule has 2 nitrogen and oxygen atoms in total. The van der Waals surface area contributed by atoms with Gasteiger partial charge in [-0.15, -0.1) is 0 Å². The van der Waals surface area contributed by atoms with Crippen LogP contribution in [0.2, 0.25) is 0 Å². The quantitative estimate of drug-likeness (QED) is 0.341. The maximum atomic E-state index is 13.2. The molecule has 21 heavy (non-hydrogen) atoms. The number of hydrogen-bond acceptors (Lipinski definition) is 1. The summed E-state index contributed by atoms with van der Waals surface area (Å²) >= 11 is 0. The van der Waals surface area contributed by atoms with Gasteiger partial charge in [0.05, 0.1) is 0 Å². The molecular formula is C18H35FO2. The normalized spacial score (nSPS) is 12.5. The Labute approximate surface area is 130 Å². The van der Waals surface area contributed by atoms with E-state index in [1.54, 1.807) is 0 Å². The summed E-state index contributed by atoms with van der Waals surface area (Å²) in [5.74, 6) is -0.677. The molecular weight excluding hydrogens is 267 g/mol. The first-order valence-electron chi connectivity index (χ1n) is 9.02. The fraction of sp³-hybridized carbons (Fsp3) is 0.944. The fourth-order valence-corrected chi connectivity index (χ4v) is 2.69. The van der Waals surface area contributed by atoms with Gasteiger partial charge in [0.25, 0.3) is 0 Å². The molecule has 0 rings (SSSR count). The average molecular weight is 302 g/mol. The number of halogens is 1. The van der Waals surface area contributed by atoms with Crippen LogP contribution < -0.4 is 0 Å². The van der Waals surface area contributed by atoms with Crippen LogP contribution in [0.5, 0.6) is 0 Å². The Hall–Kier alpha value is -0.600. The lowest BCUT2D eigenvalue weighted by Crippen LogP contribution is -1.98. The molecule has 0 aliphatic rings. The smallest absolute Gasteiger partial charge is 0.303 e. The monoisotopic (exact) mass is 302 g/mol. The Morgan fingerprint density at radius 3 is 1.67 bits per heavy atom. The van der Waals surface area contributed by atoms with E-state index in [1.807, 2.05) is 6.92 Å². The van der Waals surface area contributed by atoms with Crippen molar-refractivity contribution >= 4 is 5.97 Å². The summed E-state index contributed by atoms with van der Waals surface area (Å²) in [6.07, 6.45) is 15.1. The Kier molecular flexibility index (Phi) is 15.3. The number of aliphatic carboxylic acids is 1. The molecule has 1 unspecified atom stereocenters. The van der Waals surface area contributed by atoms with Crippen LogP contribution in [0.3, 0.4) is 0 Å². The van der Waals surface area contributed by atoms with Gasteiger partial charge in [0.2, 0.25) is 0 Å².